The number of nitrogens with zero attached hydrogens (tertiary/aromatic N) is 1. The van der Waals surface area contributed by atoms with Crippen molar-refractivity contribution < 1.29 is 33.6 Å². The van der Waals surface area contributed by atoms with Crippen LogP contribution in [0.1, 0.15) is 31.0 Å². The van der Waals surface area contributed by atoms with Crippen molar-refractivity contribution in [2.45, 2.75) is 26.1 Å². The van der Waals surface area contributed by atoms with Gasteiger partial charge in [0.15, 0.2) is 17.7 Å². The summed E-state index contributed by atoms with van der Waals surface area (Å²) in [5, 5.41) is 19.8. The number of esters is 1. The lowest BCUT2D eigenvalue weighted by molar-refractivity contribution is -0.136. The maximum absolute atomic E-state index is 12.4. The number of amides is 2. The summed E-state index contributed by atoms with van der Waals surface area (Å²) in [5.41, 5.74) is 4.66. The number of hydrogen-bond donors (Lipinski definition) is 4. The summed E-state index contributed by atoms with van der Waals surface area (Å²) in [6.45, 7) is 3.66. The molecule has 0 fully saturated rings. The number of hydrogen-bond acceptors (Lipinski definition) is 9. The number of nitrogens with one attached hydrogen (secondary N) is 3. The first-order chi connectivity index (χ1) is 18.2. The first-order valence-electron chi connectivity index (χ1n) is 11.4. The fraction of sp³-hybridized carbons (Fsp3) is 0.320. The van der Waals surface area contributed by atoms with E-state index in [4.69, 9.17) is 18.9 Å². The highest BCUT2D eigenvalue weighted by Crippen LogP contribution is 2.35. The molecule has 0 bridgehead atoms. The van der Waals surface area contributed by atoms with Crippen LogP contribution in [0.2, 0.25) is 0 Å². The van der Waals surface area contributed by atoms with Gasteiger partial charge in [-0.05, 0) is 88.9 Å². The minimum Gasteiger partial charge on any atom is -0.495 e. The monoisotopic (exact) mass is 750 g/mol. The Labute approximate surface area is 247 Å². The highest BCUT2D eigenvalue weighted by atomic mass is 127. The lowest BCUT2D eigenvalue weighted by Crippen LogP contribution is -2.45. The van der Waals surface area contributed by atoms with E-state index >= 15 is 0 Å². The average Bonchev–Trinajstić information content (AvgIpc) is 2.87. The molecule has 2 amide bonds. The van der Waals surface area contributed by atoms with E-state index in [-0.39, 0.29) is 12.2 Å². The molecule has 4 N–H and O–H groups in total. The minimum absolute atomic E-state index is 0.131. The van der Waals surface area contributed by atoms with Crippen molar-refractivity contribution in [3.05, 3.63) is 59.9 Å². The van der Waals surface area contributed by atoms with E-state index in [2.05, 4.69) is 66.3 Å². The second-order valence-electron chi connectivity index (χ2n) is 7.93. The molecule has 11 nitrogen and oxygen atoms in total. The number of carbonyl (C=O) groups is 2. The van der Waals surface area contributed by atoms with E-state index in [1.54, 1.807) is 38.4 Å². The summed E-state index contributed by atoms with van der Waals surface area (Å²) >= 11 is 4.40. The lowest BCUT2D eigenvalue weighted by Gasteiger charge is -2.28. The number of halogens is 2. The van der Waals surface area contributed by atoms with Crippen molar-refractivity contribution in [2.75, 3.05) is 27.4 Å². The number of aliphatic hydroxyl groups excluding tert-OH is 1. The van der Waals surface area contributed by atoms with Gasteiger partial charge >= 0.3 is 12.0 Å². The van der Waals surface area contributed by atoms with Gasteiger partial charge in [-0.3, -0.25) is 5.43 Å². The van der Waals surface area contributed by atoms with Gasteiger partial charge in [-0.25, -0.2) is 9.59 Å². The Kier molecular flexibility index (Phi) is 10.8. The molecule has 204 valence electrons. The highest BCUT2D eigenvalue weighted by Gasteiger charge is 2.32. The van der Waals surface area contributed by atoms with Crippen molar-refractivity contribution in [1.29, 1.82) is 0 Å². The fourth-order valence-corrected chi connectivity index (χ4v) is 5.82. The Hall–Kier alpha value is -2.79. The molecular weight excluding hydrogens is 722 g/mol. The topological polar surface area (TPSA) is 140 Å². The van der Waals surface area contributed by atoms with E-state index in [0.29, 0.717) is 35.1 Å². The van der Waals surface area contributed by atoms with Crippen LogP contribution in [0.4, 0.5) is 4.79 Å². The zero-order valence-electron chi connectivity index (χ0n) is 21.1. The van der Waals surface area contributed by atoms with Gasteiger partial charge < -0.3 is 34.7 Å². The van der Waals surface area contributed by atoms with Crippen LogP contribution in [0, 0.1) is 7.14 Å². The summed E-state index contributed by atoms with van der Waals surface area (Å²) in [6.07, 6.45) is 0.447. The van der Waals surface area contributed by atoms with Crippen LogP contribution in [0.25, 0.3) is 0 Å². The molecule has 2 aromatic carbocycles. The second kappa shape index (κ2) is 13.8. The van der Waals surface area contributed by atoms with Crippen molar-refractivity contribution in [1.82, 2.24) is 16.1 Å². The number of methoxy groups -OCH3 is 2. The number of aliphatic hydroxyl groups is 1. The molecule has 2 atom stereocenters. The van der Waals surface area contributed by atoms with Crippen molar-refractivity contribution in [3.63, 3.8) is 0 Å². The van der Waals surface area contributed by atoms with Crippen LogP contribution in [-0.2, 0) is 9.53 Å². The van der Waals surface area contributed by atoms with Crippen molar-refractivity contribution >= 4 is 63.4 Å². The van der Waals surface area contributed by atoms with Crippen molar-refractivity contribution in [2.24, 2.45) is 5.10 Å². The maximum atomic E-state index is 12.4. The summed E-state index contributed by atoms with van der Waals surface area (Å²) in [4.78, 5) is 24.5. The van der Waals surface area contributed by atoms with E-state index in [9.17, 15) is 14.7 Å². The van der Waals surface area contributed by atoms with Crippen LogP contribution in [0.5, 0.6) is 17.2 Å². The number of benzene rings is 2. The average molecular weight is 750 g/mol. The van der Waals surface area contributed by atoms with Crippen LogP contribution in [0.15, 0.2) is 46.7 Å². The second-order valence-corrected chi connectivity index (χ2v) is 10.3. The highest BCUT2D eigenvalue weighted by molar-refractivity contribution is 14.1. The van der Waals surface area contributed by atoms with Gasteiger partial charge in [0.05, 0.1) is 42.2 Å². The van der Waals surface area contributed by atoms with Crippen LogP contribution in [-0.4, -0.2) is 57.0 Å². The van der Waals surface area contributed by atoms with Crippen LogP contribution in [0.3, 0.4) is 0 Å². The molecule has 0 aromatic heterocycles. The summed E-state index contributed by atoms with van der Waals surface area (Å²) in [6, 6.07) is 7.74. The standard InChI is InChI=1S/C25H28I2N4O7/c1-5-37-19-9-14(22-21(24(33)36-4)13(2)29-25(34)30-22)6-7-18(19)38-12-20(32)31-28-11-15-8-16(26)10-17(27)23(15)35-3/h6-11,20,22,31-32H,5,12H2,1-4H3,(H2,29,30,34)/b28-11+/t20-,22-/m1/s1. The molecule has 13 heteroatoms. The molecule has 38 heavy (non-hydrogen) atoms. The molecule has 0 saturated carbocycles. The minimum atomic E-state index is -1.12. The molecule has 1 aliphatic heterocycles. The first kappa shape index (κ1) is 29.8. The lowest BCUT2D eigenvalue weighted by atomic mass is 9.95. The zero-order chi connectivity index (χ0) is 27.8. The van der Waals surface area contributed by atoms with E-state index < -0.39 is 24.3 Å². The molecule has 2 aromatic rings. The molecule has 0 aliphatic carbocycles. The number of allylic oxidation sites excluding steroid dienone is 1. The van der Waals surface area contributed by atoms with Gasteiger partial charge in [-0.15, -0.1) is 0 Å². The van der Waals surface area contributed by atoms with Gasteiger partial charge in [-0.1, -0.05) is 6.07 Å². The first-order valence-corrected chi connectivity index (χ1v) is 13.6. The van der Waals surface area contributed by atoms with Gasteiger partial charge in [0.2, 0.25) is 0 Å². The summed E-state index contributed by atoms with van der Waals surface area (Å²) in [7, 11) is 2.87. The molecular formula is C25H28I2N4O7. The smallest absolute Gasteiger partial charge is 0.337 e. The van der Waals surface area contributed by atoms with Gasteiger partial charge in [0.25, 0.3) is 0 Å². The summed E-state index contributed by atoms with van der Waals surface area (Å²) in [5.74, 6) is 0.878. The van der Waals surface area contributed by atoms with E-state index in [0.717, 1.165) is 12.7 Å². The quantitative estimate of drug-likeness (QED) is 0.0902. The number of ether oxygens (including phenoxy) is 4. The normalized spacial score (nSPS) is 16.0. The predicted octanol–water partition coefficient (Wildman–Crippen LogP) is 3.42. The predicted molar refractivity (Wildman–Crippen MR) is 157 cm³/mol. The Morgan fingerprint density at radius 1 is 1.21 bits per heavy atom. The third-order valence-corrected chi connectivity index (χ3v) is 6.76. The largest absolute Gasteiger partial charge is 0.495 e. The number of hydrazone groups is 1. The molecule has 0 spiro atoms. The molecule has 1 aliphatic rings. The van der Waals surface area contributed by atoms with E-state index in [1.165, 1.54) is 7.11 Å². The molecule has 0 saturated heterocycles. The Morgan fingerprint density at radius 3 is 2.66 bits per heavy atom. The molecule has 0 unspecified atom stereocenters. The zero-order valence-corrected chi connectivity index (χ0v) is 25.4. The Morgan fingerprint density at radius 2 is 1.97 bits per heavy atom. The molecule has 3 rings (SSSR count). The van der Waals surface area contributed by atoms with Gasteiger partial charge in [-0.2, -0.15) is 5.10 Å². The van der Waals surface area contributed by atoms with Gasteiger partial charge in [0.1, 0.15) is 12.4 Å². The van der Waals surface area contributed by atoms with Crippen LogP contribution < -0.4 is 30.3 Å². The van der Waals surface area contributed by atoms with E-state index in [1.807, 2.05) is 19.1 Å². The Balaban J connectivity index is 1.72. The number of carbonyl (C=O) groups excluding carboxylic acids is 2. The van der Waals surface area contributed by atoms with Crippen molar-refractivity contribution in [3.8, 4) is 17.2 Å². The number of urea groups is 1. The maximum Gasteiger partial charge on any atom is 0.337 e. The molecule has 1 heterocycles. The Bertz CT molecular complexity index is 1250. The third-order valence-electron chi connectivity index (χ3n) is 5.34. The van der Waals surface area contributed by atoms with Gasteiger partial charge in [0, 0.05) is 14.8 Å². The third kappa shape index (κ3) is 7.41. The SMILES string of the molecule is CCOc1cc([C@H]2NC(=O)NC(C)=C2C(=O)OC)ccc1OC[C@@H](O)N/N=C/c1cc(I)cc(I)c1OC. The summed E-state index contributed by atoms with van der Waals surface area (Å²) < 4.78 is 23.8. The fourth-order valence-electron chi connectivity index (χ4n) is 3.71. The number of rotatable bonds is 11. The van der Waals surface area contributed by atoms with Crippen LogP contribution >= 0.6 is 45.2 Å². The molecule has 0 radical (unpaired) electrons.